The molecule has 344 valence electrons. The first-order valence-corrected chi connectivity index (χ1v) is 22.3. The van der Waals surface area contributed by atoms with Gasteiger partial charge in [-0.25, -0.2) is 27.5 Å². The number of imidazole rings is 1. The highest BCUT2D eigenvalue weighted by molar-refractivity contribution is 6.34. The largest absolute Gasteiger partial charge is 0.385 e. The zero-order chi connectivity index (χ0) is 46.2. The number of methoxy groups -OCH3 is 1. The number of fused-ring (bicyclic) bond motifs is 2. The average Bonchev–Trinajstić information content (AvgIpc) is 3.92. The second kappa shape index (κ2) is 16.5. The maximum atomic E-state index is 16.2. The number of anilines is 4. The maximum Gasteiger partial charge on any atom is 0.328 e. The first kappa shape index (κ1) is 43.6. The van der Waals surface area contributed by atoms with Gasteiger partial charge in [0.15, 0.2) is 17.2 Å². The minimum atomic E-state index is -3.22. The number of imide groups is 1. The van der Waals surface area contributed by atoms with E-state index in [-0.39, 0.29) is 84.7 Å². The molecule has 4 fully saturated rings. The predicted molar refractivity (Wildman–Crippen MR) is 239 cm³/mol. The molecule has 66 heavy (non-hydrogen) atoms. The molecule has 3 aromatic heterocycles. The van der Waals surface area contributed by atoms with Gasteiger partial charge >= 0.3 is 6.03 Å². The Morgan fingerprint density at radius 1 is 0.970 bits per heavy atom. The van der Waals surface area contributed by atoms with Crippen molar-refractivity contribution < 1.29 is 37.1 Å². The van der Waals surface area contributed by atoms with E-state index >= 15 is 13.2 Å². The molecule has 5 amide bonds. The van der Waals surface area contributed by atoms with Crippen LogP contribution in [0.25, 0.3) is 16.9 Å². The van der Waals surface area contributed by atoms with Crippen LogP contribution in [0.5, 0.6) is 0 Å². The molecular formula is C46H47ClF3N11O5. The second-order valence-electron chi connectivity index (χ2n) is 17.7. The van der Waals surface area contributed by atoms with E-state index in [0.717, 1.165) is 29.0 Å². The van der Waals surface area contributed by atoms with Crippen LogP contribution in [0.4, 0.5) is 40.8 Å². The number of benzene rings is 2. The first-order valence-electron chi connectivity index (χ1n) is 22.0. The summed E-state index contributed by atoms with van der Waals surface area (Å²) in [6.45, 7) is 1.86. The van der Waals surface area contributed by atoms with Crippen LogP contribution < -0.4 is 25.8 Å². The van der Waals surface area contributed by atoms with Crippen LogP contribution in [0, 0.1) is 11.2 Å². The Kier molecular flexibility index (Phi) is 10.9. The molecule has 16 nitrogen and oxygen atoms in total. The number of nitrogens with zero attached hydrogens (tertiary/aromatic N) is 8. The molecule has 20 heteroatoms. The number of nitrogens with one attached hydrogen (secondary N) is 3. The Morgan fingerprint density at radius 2 is 1.77 bits per heavy atom. The van der Waals surface area contributed by atoms with Crippen molar-refractivity contribution in [2.24, 2.45) is 5.41 Å². The molecule has 4 aliphatic heterocycles. The third-order valence-electron chi connectivity index (χ3n) is 14.1. The van der Waals surface area contributed by atoms with Crippen molar-refractivity contribution in [1.29, 1.82) is 0 Å². The van der Waals surface area contributed by atoms with Gasteiger partial charge in [-0.05, 0) is 74.1 Å². The summed E-state index contributed by atoms with van der Waals surface area (Å²) in [6, 6.07) is 12.0. The van der Waals surface area contributed by atoms with Crippen LogP contribution in [-0.4, -0.2) is 125 Å². The number of pyridine rings is 1. The van der Waals surface area contributed by atoms with Gasteiger partial charge in [0.2, 0.25) is 5.91 Å². The molecule has 3 N–H and O–H groups in total. The number of ether oxygens (including phenoxy) is 1. The van der Waals surface area contributed by atoms with Gasteiger partial charge in [-0.15, -0.1) is 5.10 Å². The van der Waals surface area contributed by atoms with Crippen LogP contribution in [0.1, 0.15) is 70.6 Å². The van der Waals surface area contributed by atoms with E-state index in [1.54, 1.807) is 20.4 Å². The van der Waals surface area contributed by atoms with Crippen LogP contribution >= 0.6 is 11.6 Å². The molecule has 1 spiro atoms. The lowest BCUT2D eigenvalue weighted by Gasteiger charge is -2.59. The van der Waals surface area contributed by atoms with Crippen LogP contribution in [0.2, 0.25) is 5.02 Å². The number of carbonyl (C=O) groups is 4. The van der Waals surface area contributed by atoms with Crippen molar-refractivity contribution in [3.05, 3.63) is 94.1 Å². The van der Waals surface area contributed by atoms with E-state index in [4.69, 9.17) is 21.4 Å². The van der Waals surface area contributed by atoms with Crippen molar-refractivity contribution in [2.45, 2.75) is 63.1 Å². The fourth-order valence-electron chi connectivity index (χ4n) is 9.98. The molecule has 10 rings (SSSR count). The Bertz CT molecular complexity index is 2820. The topological polar surface area (TPSA) is 170 Å². The number of rotatable bonds is 10. The number of aromatic nitrogens is 4. The van der Waals surface area contributed by atoms with Crippen molar-refractivity contribution >= 4 is 63.9 Å². The molecule has 3 atom stereocenters. The molecule has 5 aromatic rings. The van der Waals surface area contributed by atoms with Gasteiger partial charge in [0, 0.05) is 88.4 Å². The summed E-state index contributed by atoms with van der Waals surface area (Å²) in [4.78, 5) is 66.5. The summed E-state index contributed by atoms with van der Waals surface area (Å²) in [6.07, 6.45) is 5.46. The van der Waals surface area contributed by atoms with Crippen molar-refractivity contribution in [1.82, 2.24) is 40.0 Å². The second-order valence-corrected chi connectivity index (χ2v) is 18.2. The molecule has 1 aliphatic carbocycles. The Labute approximate surface area is 382 Å². The number of hydrogen-bond acceptors (Lipinski definition) is 11. The van der Waals surface area contributed by atoms with E-state index in [0.29, 0.717) is 41.2 Å². The number of halogens is 4. The van der Waals surface area contributed by atoms with Crippen molar-refractivity contribution in [3.63, 3.8) is 0 Å². The number of carbonyl (C=O) groups excluding carboxylic acids is 4. The summed E-state index contributed by atoms with van der Waals surface area (Å²) in [5.74, 6) is -4.53. The number of hydrogen-bond donors (Lipinski definition) is 3. The number of likely N-dealkylation sites (tertiary alicyclic amines) is 2. The maximum absolute atomic E-state index is 16.2. The van der Waals surface area contributed by atoms with E-state index < -0.39 is 47.6 Å². The van der Waals surface area contributed by atoms with Gasteiger partial charge in [-0.2, -0.15) is 0 Å². The highest BCUT2D eigenvalue weighted by Gasteiger charge is 2.63. The van der Waals surface area contributed by atoms with Gasteiger partial charge in [0.1, 0.15) is 11.5 Å². The third kappa shape index (κ3) is 7.27. The first-order chi connectivity index (χ1) is 31.7. The van der Waals surface area contributed by atoms with E-state index in [9.17, 15) is 19.2 Å². The number of amides is 5. The minimum absolute atomic E-state index is 0.0343. The Balaban J connectivity index is 0.817. The van der Waals surface area contributed by atoms with Gasteiger partial charge in [0.05, 0.1) is 46.7 Å². The summed E-state index contributed by atoms with van der Waals surface area (Å²) < 4.78 is 55.5. The van der Waals surface area contributed by atoms with Gasteiger partial charge in [0.25, 0.3) is 17.7 Å². The SMILES string of the molecule is CNc1cc(N2CCc3c(-c4ncc([C@@H](C)N5CC6(CCN(C(=O)c7ccc(Cl)c(N8CCC(=O)NC8=O)c7)CC6(F)F)C5)cc4F)cccc32)nn2c(C(=O)N[C@@H]3CC[C@H]3OC)cnc12. The van der Waals surface area contributed by atoms with Crippen LogP contribution in [0.15, 0.2) is 60.9 Å². The molecule has 0 unspecified atom stereocenters. The third-order valence-corrected chi connectivity index (χ3v) is 14.4. The normalized spacial score (nSPS) is 21.6. The monoisotopic (exact) mass is 925 g/mol. The van der Waals surface area contributed by atoms with Gasteiger partial charge in [-0.3, -0.25) is 34.5 Å². The van der Waals surface area contributed by atoms with E-state index in [1.807, 2.05) is 41.0 Å². The van der Waals surface area contributed by atoms with Crippen LogP contribution in [-0.2, 0) is 16.0 Å². The average molecular weight is 926 g/mol. The fraction of sp³-hybridized carbons (Fsp3) is 0.413. The summed E-state index contributed by atoms with van der Waals surface area (Å²) in [5, 5.41) is 13.5. The highest BCUT2D eigenvalue weighted by Crippen LogP contribution is 2.52. The molecule has 5 aliphatic rings. The van der Waals surface area contributed by atoms with E-state index in [1.165, 1.54) is 39.9 Å². The number of urea groups is 1. The number of piperidine rings is 1. The zero-order valence-corrected chi connectivity index (χ0v) is 37.2. The molecule has 0 bridgehead atoms. The molecule has 7 heterocycles. The summed E-state index contributed by atoms with van der Waals surface area (Å²) >= 11 is 6.35. The zero-order valence-electron chi connectivity index (χ0n) is 36.4. The number of alkyl halides is 2. The highest BCUT2D eigenvalue weighted by atomic mass is 35.5. The summed E-state index contributed by atoms with van der Waals surface area (Å²) in [5.41, 5.74) is 3.46. The lowest BCUT2D eigenvalue weighted by Crippen LogP contribution is -2.70. The van der Waals surface area contributed by atoms with Crippen molar-refractivity contribution in [2.75, 3.05) is 68.5 Å². The minimum Gasteiger partial charge on any atom is -0.385 e. The smallest absolute Gasteiger partial charge is 0.328 e. The lowest BCUT2D eigenvalue weighted by atomic mass is 9.68. The lowest BCUT2D eigenvalue weighted by molar-refractivity contribution is -0.225. The van der Waals surface area contributed by atoms with Gasteiger partial charge < -0.3 is 25.2 Å². The standard InChI is InChI=1S/C46H47ClF3N11O5/c1-25(58-22-45(23-58)13-16-57(24-46(45,49)50)43(64)26-7-8-30(47)35(18-26)60-15-12-39(62)55-44(60)65)27-17-31(48)40(52-20-27)29-5-4-6-34-28(29)11-14-59(34)38-19-33(51-2)41-53-21-36(61(41)56-38)42(63)54-32-9-10-37(32)66-3/h4-8,17-21,25,32,37,51H,9-16,22-24H2,1-3H3,(H,54,63)(H,55,62,65)/t25-,32-,37-/m1/s1. The molecule has 2 aromatic carbocycles. The molecule has 0 radical (unpaired) electrons. The fourth-order valence-corrected chi connectivity index (χ4v) is 10.2. The quantitative estimate of drug-likeness (QED) is 0.146. The van der Waals surface area contributed by atoms with E-state index in [2.05, 4.69) is 25.9 Å². The van der Waals surface area contributed by atoms with Crippen LogP contribution in [0.3, 0.4) is 0 Å². The predicted octanol–water partition coefficient (Wildman–Crippen LogP) is 6.22. The summed E-state index contributed by atoms with van der Waals surface area (Å²) in [7, 11) is 3.41. The molecule has 1 saturated carbocycles. The Morgan fingerprint density at radius 3 is 2.48 bits per heavy atom. The molecule has 3 saturated heterocycles. The van der Waals surface area contributed by atoms with Gasteiger partial charge in [-0.1, -0.05) is 23.7 Å². The molecular weight excluding hydrogens is 879 g/mol. The van der Waals surface area contributed by atoms with Crippen molar-refractivity contribution in [3.8, 4) is 11.3 Å². The Hall–Kier alpha value is -6.31.